The smallest absolute Gasteiger partial charge is 0.414 e. The number of carboxylic acid groups (broad SMARTS) is 2. The molecule has 0 radical (unpaired) electrons. The molecule has 0 amide bonds. The second-order valence-corrected chi connectivity index (χ2v) is 6.84. The fourth-order valence-corrected chi connectivity index (χ4v) is 3.08. The molecular weight excluding hydrogens is 362 g/mol. The lowest BCUT2D eigenvalue weighted by Crippen LogP contribution is -2.35. The summed E-state index contributed by atoms with van der Waals surface area (Å²) >= 11 is 0. The highest BCUT2D eigenvalue weighted by molar-refractivity contribution is 6.27. The van der Waals surface area contributed by atoms with E-state index in [0.29, 0.717) is 0 Å². The second-order valence-electron chi connectivity index (χ2n) is 6.84. The number of piperidine rings is 1. The number of rotatable bonds is 8. The molecule has 2 N–H and O–H groups in total. The van der Waals surface area contributed by atoms with Crippen molar-refractivity contribution >= 4 is 11.9 Å². The lowest BCUT2D eigenvalue weighted by atomic mass is 10.0. The Hall–Kier alpha value is -2.54. The Bertz CT molecular complexity index is 634. The van der Waals surface area contributed by atoms with E-state index in [1.807, 2.05) is 18.2 Å². The third-order valence-electron chi connectivity index (χ3n) is 4.41. The summed E-state index contributed by atoms with van der Waals surface area (Å²) in [6, 6.07) is 6.11. The van der Waals surface area contributed by atoms with Gasteiger partial charge in [0.05, 0.1) is 13.7 Å². The van der Waals surface area contributed by atoms with Crippen molar-refractivity contribution in [1.82, 2.24) is 4.90 Å². The maximum Gasteiger partial charge on any atom is 0.414 e. The zero-order chi connectivity index (χ0) is 20.9. The number of nitrogens with zero attached hydrogens (tertiary/aromatic N) is 1. The molecule has 1 unspecified atom stereocenters. The minimum absolute atomic E-state index is 0.738. The summed E-state index contributed by atoms with van der Waals surface area (Å²) in [6.07, 6.45) is 6.52. The molecule has 1 heterocycles. The van der Waals surface area contributed by atoms with E-state index in [0.717, 1.165) is 43.4 Å². The molecule has 0 saturated carbocycles. The number of likely N-dealkylation sites (tertiary alicyclic amines) is 1. The highest BCUT2D eigenvalue weighted by Crippen LogP contribution is 2.28. The highest BCUT2D eigenvalue weighted by atomic mass is 16.5. The first-order valence-corrected chi connectivity index (χ1v) is 9.46. The lowest BCUT2D eigenvalue weighted by molar-refractivity contribution is -0.159. The van der Waals surface area contributed by atoms with Crippen LogP contribution in [0.25, 0.3) is 0 Å². The predicted molar refractivity (Wildman–Crippen MR) is 107 cm³/mol. The number of benzene rings is 1. The van der Waals surface area contributed by atoms with Crippen LogP contribution in [-0.2, 0) is 16.0 Å². The SMILES string of the molecule is C=CCc1ccc(OCCCN2CCCC(C)C2)c(OC)c1.O=C(O)C(=O)O. The molecule has 7 nitrogen and oxygen atoms in total. The molecule has 0 bridgehead atoms. The van der Waals surface area contributed by atoms with Crippen molar-refractivity contribution in [2.24, 2.45) is 5.92 Å². The van der Waals surface area contributed by atoms with Gasteiger partial charge in [0.15, 0.2) is 11.5 Å². The molecule has 0 aromatic heterocycles. The van der Waals surface area contributed by atoms with E-state index in [1.165, 1.54) is 31.5 Å². The van der Waals surface area contributed by atoms with Crippen LogP contribution in [0.1, 0.15) is 31.7 Å². The maximum absolute atomic E-state index is 9.10. The summed E-state index contributed by atoms with van der Waals surface area (Å²) < 4.78 is 11.3. The second kappa shape index (κ2) is 12.8. The van der Waals surface area contributed by atoms with Crippen LogP contribution in [0.2, 0.25) is 0 Å². The van der Waals surface area contributed by atoms with Gasteiger partial charge in [-0.1, -0.05) is 19.1 Å². The number of carbonyl (C=O) groups is 2. The molecule has 7 heteroatoms. The number of allylic oxidation sites excluding steroid dienone is 1. The summed E-state index contributed by atoms with van der Waals surface area (Å²) in [4.78, 5) is 20.8. The minimum atomic E-state index is -1.82. The molecule has 0 aliphatic carbocycles. The van der Waals surface area contributed by atoms with Gasteiger partial charge in [-0.3, -0.25) is 0 Å². The fraction of sp³-hybridized carbons (Fsp3) is 0.524. The molecule has 0 spiro atoms. The van der Waals surface area contributed by atoms with E-state index >= 15 is 0 Å². The van der Waals surface area contributed by atoms with Crippen molar-refractivity contribution in [3.05, 3.63) is 36.4 Å². The average Bonchev–Trinajstić information content (AvgIpc) is 2.66. The first-order chi connectivity index (χ1) is 13.4. The van der Waals surface area contributed by atoms with Crippen molar-refractivity contribution in [2.75, 3.05) is 33.4 Å². The molecule has 156 valence electrons. The van der Waals surface area contributed by atoms with E-state index < -0.39 is 11.9 Å². The minimum Gasteiger partial charge on any atom is -0.493 e. The van der Waals surface area contributed by atoms with Crippen LogP contribution in [0.4, 0.5) is 0 Å². The number of hydrogen-bond acceptors (Lipinski definition) is 5. The molecule has 1 fully saturated rings. The Kier molecular flexibility index (Phi) is 10.7. The molecule has 2 rings (SSSR count). The largest absolute Gasteiger partial charge is 0.493 e. The monoisotopic (exact) mass is 393 g/mol. The van der Waals surface area contributed by atoms with Gasteiger partial charge in [-0.2, -0.15) is 0 Å². The molecule has 1 saturated heterocycles. The van der Waals surface area contributed by atoms with E-state index in [1.54, 1.807) is 7.11 Å². The average molecular weight is 393 g/mol. The third kappa shape index (κ3) is 8.90. The van der Waals surface area contributed by atoms with Gasteiger partial charge < -0.3 is 24.6 Å². The van der Waals surface area contributed by atoms with Crippen molar-refractivity contribution < 1.29 is 29.3 Å². The van der Waals surface area contributed by atoms with E-state index in [4.69, 9.17) is 29.3 Å². The van der Waals surface area contributed by atoms with E-state index in [-0.39, 0.29) is 0 Å². The van der Waals surface area contributed by atoms with Gasteiger partial charge in [0, 0.05) is 13.1 Å². The van der Waals surface area contributed by atoms with Crippen molar-refractivity contribution in [3.8, 4) is 11.5 Å². The number of hydrogen-bond donors (Lipinski definition) is 2. The van der Waals surface area contributed by atoms with Crippen LogP contribution >= 0.6 is 0 Å². The molecule has 28 heavy (non-hydrogen) atoms. The Morgan fingerprint density at radius 2 is 2.00 bits per heavy atom. The van der Waals surface area contributed by atoms with E-state index in [9.17, 15) is 0 Å². The fourth-order valence-electron chi connectivity index (χ4n) is 3.08. The van der Waals surface area contributed by atoms with Crippen LogP contribution in [0.3, 0.4) is 0 Å². The summed E-state index contributed by atoms with van der Waals surface area (Å²) in [5.41, 5.74) is 1.20. The zero-order valence-corrected chi connectivity index (χ0v) is 16.7. The van der Waals surface area contributed by atoms with Crippen molar-refractivity contribution in [1.29, 1.82) is 0 Å². The summed E-state index contributed by atoms with van der Waals surface area (Å²) in [7, 11) is 1.69. The standard InChI is InChI=1S/C19H29NO2.C2H2O4/c1-4-7-17-9-10-18(19(14-17)21-3)22-13-6-12-20-11-5-8-16(2)15-20;3-1(4)2(5)6/h4,9-10,14,16H,1,5-8,11-13,15H2,2-3H3;(H,3,4)(H,5,6). The number of methoxy groups -OCH3 is 1. The van der Waals surface area contributed by atoms with Gasteiger partial charge >= 0.3 is 11.9 Å². The van der Waals surface area contributed by atoms with Crippen LogP contribution in [0.5, 0.6) is 11.5 Å². The zero-order valence-electron chi connectivity index (χ0n) is 16.7. The van der Waals surface area contributed by atoms with Crippen LogP contribution < -0.4 is 9.47 Å². The molecule has 1 aliphatic rings. The Morgan fingerprint density at radius 3 is 2.57 bits per heavy atom. The van der Waals surface area contributed by atoms with Gasteiger partial charge in [0.25, 0.3) is 0 Å². The number of carboxylic acids is 2. The lowest BCUT2D eigenvalue weighted by Gasteiger charge is -2.30. The van der Waals surface area contributed by atoms with Crippen molar-refractivity contribution in [3.63, 3.8) is 0 Å². The summed E-state index contributed by atoms with van der Waals surface area (Å²) in [6.45, 7) is 10.5. The Morgan fingerprint density at radius 1 is 1.29 bits per heavy atom. The van der Waals surface area contributed by atoms with Gasteiger partial charge in [0.2, 0.25) is 0 Å². The Labute approximate surface area is 166 Å². The molecule has 1 atom stereocenters. The van der Waals surface area contributed by atoms with Crippen LogP contribution in [0, 0.1) is 5.92 Å². The van der Waals surface area contributed by atoms with Gasteiger partial charge in [0.1, 0.15) is 0 Å². The number of ether oxygens (including phenoxy) is 2. The van der Waals surface area contributed by atoms with Crippen LogP contribution in [-0.4, -0.2) is 60.4 Å². The predicted octanol–water partition coefficient (Wildman–Crippen LogP) is 3.08. The molecular formula is C21H31NO6. The normalized spacial score (nSPS) is 16.4. The topological polar surface area (TPSA) is 96.3 Å². The maximum atomic E-state index is 9.10. The van der Waals surface area contributed by atoms with Gasteiger partial charge in [-0.05, 0) is 55.8 Å². The first kappa shape index (κ1) is 23.5. The van der Waals surface area contributed by atoms with Crippen molar-refractivity contribution in [2.45, 2.75) is 32.6 Å². The van der Waals surface area contributed by atoms with Crippen LogP contribution in [0.15, 0.2) is 30.9 Å². The summed E-state index contributed by atoms with van der Waals surface area (Å²) in [5.74, 6) is -1.16. The molecule has 1 aromatic carbocycles. The van der Waals surface area contributed by atoms with Gasteiger partial charge in [-0.15, -0.1) is 6.58 Å². The third-order valence-corrected chi connectivity index (χ3v) is 4.41. The van der Waals surface area contributed by atoms with E-state index in [2.05, 4.69) is 24.5 Å². The summed E-state index contributed by atoms with van der Waals surface area (Å²) in [5, 5.41) is 14.8. The highest BCUT2D eigenvalue weighted by Gasteiger charge is 2.15. The molecule has 1 aromatic rings. The molecule has 1 aliphatic heterocycles. The quantitative estimate of drug-likeness (QED) is 0.398. The first-order valence-electron chi connectivity index (χ1n) is 9.46. The van der Waals surface area contributed by atoms with Gasteiger partial charge in [-0.25, -0.2) is 9.59 Å². The Balaban J connectivity index is 0.000000568. The number of aliphatic carboxylic acids is 2.